The Kier molecular flexibility index (Phi) is 4.86. The van der Waals surface area contributed by atoms with Gasteiger partial charge < -0.3 is 9.38 Å². The van der Waals surface area contributed by atoms with Crippen molar-refractivity contribution in [1.82, 2.24) is 19.4 Å². The van der Waals surface area contributed by atoms with E-state index in [0.717, 1.165) is 17.8 Å². The van der Waals surface area contributed by atoms with Crippen LogP contribution < -0.4 is 5.32 Å². The Bertz CT molecular complexity index is 1540. The van der Waals surface area contributed by atoms with Gasteiger partial charge in [0, 0.05) is 16.9 Å². The molecule has 0 unspecified atom stereocenters. The number of aromatic amines is 1. The van der Waals surface area contributed by atoms with Gasteiger partial charge in [0.15, 0.2) is 0 Å². The molecular formula is C23H15ClF3N5O. The fourth-order valence-corrected chi connectivity index (χ4v) is 3.83. The van der Waals surface area contributed by atoms with E-state index < -0.39 is 17.6 Å². The quantitative estimate of drug-likeness (QED) is 0.335. The number of alkyl halides is 3. The molecule has 10 heteroatoms. The summed E-state index contributed by atoms with van der Waals surface area (Å²) in [4.78, 5) is 24.3. The number of benzene rings is 2. The van der Waals surface area contributed by atoms with Crippen molar-refractivity contribution in [3.8, 4) is 11.1 Å². The number of rotatable bonds is 3. The maximum atomic E-state index is 13.1. The number of hydrogen-bond donors (Lipinski definition) is 2. The SMILES string of the molecule is Cc1cccc2nc(C(=O)Nc3nc4ccc(-c5cc(Cl)cc(C(F)(F)F)c5)cc4[nH]3)cn12. The molecule has 3 aromatic heterocycles. The molecule has 5 rings (SSSR count). The molecule has 2 aromatic carbocycles. The van der Waals surface area contributed by atoms with Crippen LogP contribution in [-0.4, -0.2) is 25.3 Å². The zero-order chi connectivity index (χ0) is 23.3. The van der Waals surface area contributed by atoms with Crippen LogP contribution in [0.4, 0.5) is 19.1 Å². The van der Waals surface area contributed by atoms with Crippen LogP contribution in [0.25, 0.3) is 27.8 Å². The van der Waals surface area contributed by atoms with Gasteiger partial charge in [0.25, 0.3) is 5.91 Å². The molecule has 0 bridgehead atoms. The molecule has 1 amide bonds. The van der Waals surface area contributed by atoms with Crippen molar-refractivity contribution in [2.24, 2.45) is 0 Å². The smallest absolute Gasteiger partial charge is 0.324 e. The molecule has 0 radical (unpaired) electrons. The minimum Gasteiger partial charge on any atom is -0.324 e. The molecule has 0 aliphatic heterocycles. The highest BCUT2D eigenvalue weighted by Crippen LogP contribution is 2.35. The van der Waals surface area contributed by atoms with Crippen LogP contribution in [0.15, 0.2) is 60.8 Å². The third-order valence-electron chi connectivity index (χ3n) is 5.20. The number of nitrogens with one attached hydrogen (secondary N) is 2. The standard InChI is InChI=1S/C23H15ClF3N5O/c1-12-3-2-4-20-28-19(11-32(12)20)21(33)31-22-29-17-6-5-13(9-18(17)30-22)14-7-15(23(25,26)27)10-16(24)8-14/h2-11H,1H3,(H2,29,30,31,33). The second kappa shape index (κ2) is 7.63. The van der Waals surface area contributed by atoms with Crippen molar-refractivity contribution >= 4 is 40.1 Å². The van der Waals surface area contributed by atoms with Crippen LogP contribution >= 0.6 is 11.6 Å². The summed E-state index contributed by atoms with van der Waals surface area (Å²) in [6.45, 7) is 1.91. The van der Waals surface area contributed by atoms with E-state index in [1.807, 2.05) is 19.1 Å². The largest absolute Gasteiger partial charge is 0.416 e. The van der Waals surface area contributed by atoms with E-state index in [1.165, 1.54) is 6.07 Å². The van der Waals surface area contributed by atoms with E-state index >= 15 is 0 Å². The Balaban J connectivity index is 1.44. The number of pyridine rings is 1. The van der Waals surface area contributed by atoms with Crippen molar-refractivity contribution in [2.75, 3.05) is 5.32 Å². The highest BCUT2D eigenvalue weighted by molar-refractivity contribution is 6.31. The first-order chi connectivity index (χ1) is 15.7. The van der Waals surface area contributed by atoms with Gasteiger partial charge in [0.05, 0.1) is 16.6 Å². The van der Waals surface area contributed by atoms with Gasteiger partial charge >= 0.3 is 6.18 Å². The van der Waals surface area contributed by atoms with Gasteiger partial charge in [-0.2, -0.15) is 13.2 Å². The maximum Gasteiger partial charge on any atom is 0.416 e. The number of amides is 1. The topological polar surface area (TPSA) is 75.1 Å². The summed E-state index contributed by atoms with van der Waals surface area (Å²) in [5.74, 6) is -0.245. The number of imidazole rings is 2. The number of fused-ring (bicyclic) bond motifs is 2. The van der Waals surface area contributed by atoms with E-state index in [0.29, 0.717) is 27.8 Å². The van der Waals surface area contributed by atoms with Gasteiger partial charge in [0.2, 0.25) is 5.95 Å². The predicted molar refractivity (Wildman–Crippen MR) is 119 cm³/mol. The van der Waals surface area contributed by atoms with Crippen LogP contribution in [0.5, 0.6) is 0 Å². The number of aryl methyl sites for hydroxylation is 1. The van der Waals surface area contributed by atoms with Crippen LogP contribution in [0.2, 0.25) is 5.02 Å². The number of anilines is 1. The summed E-state index contributed by atoms with van der Waals surface area (Å²) in [6.07, 6.45) is -2.87. The number of aromatic nitrogens is 4. The Morgan fingerprint density at radius 1 is 1.06 bits per heavy atom. The van der Waals surface area contributed by atoms with Crippen molar-refractivity contribution in [3.63, 3.8) is 0 Å². The molecule has 166 valence electrons. The van der Waals surface area contributed by atoms with E-state index in [1.54, 1.807) is 34.9 Å². The number of H-pyrrole nitrogens is 1. The van der Waals surface area contributed by atoms with E-state index in [4.69, 9.17) is 11.6 Å². The lowest BCUT2D eigenvalue weighted by atomic mass is 10.0. The second-order valence-corrected chi connectivity index (χ2v) is 7.96. The maximum absolute atomic E-state index is 13.1. The normalized spacial score (nSPS) is 11.9. The van der Waals surface area contributed by atoms with E-state index in [9.17, 15) is 18.0 Å². The molecule has 0 aliphatic rings. The zero-order valence-corrected chi connectivity index (χ0v) is 17.8. The van der Waals surface area contributed by atoms with Crippen molar-refractivity contribution < 1.29 is 18.0 Å². The first-order valence-corrected chi connectivity index (χ1v) is 10.2. The molecular weight excluding hydrogens is 455 g/mol. The number of nitrogens with zero attached hydrogens (tertiary/aromatic N) is 3. The first-order valence-electron chi connectivity index (χ1n) is 9.81. The highest BCUT2D eigenvalue weighted by atomic mass is 35.5. The van der Waals surface area contributed by atoms with Gasteiger partial charge in [-0.1, -0.05) is 23.7 Å². The molecule has 0 atom stereocenters. The lowest BCUT2D eigenvalue weighted by Crippen LogP contribution is -2.13. The van der Waals surface area contributed by atoms with E-state index in [-0.39, 0.29) is 16.7 Å². The Hall–Kier alpha value is -3.85. The average molecular weight is 470 g/mol. The van der Waals surface area contributed by atoms with Crippen LogP contribution in [0.1, 0.15) is 21.7 Å². The summed E-state index contributed by atoms with van der Waals surface area (Å²) in [7, 11) is 0. The first kappa shape index (κ1) is 21.0. The number of hydrogen-bond acceptors (Lipinski definition) is 3. The molecule has 0 aliphatic carbocycles. The third-order valence-corrected chi connectivity index (χ3v) is 5.42. The third kappa shape index (κ3) is 4.03. The Morgan fingerprint density at radius 2 is 1.88 bits per heavy atom. The van der Waals surface area contributed by atoms with Crippen LogP contribution in [-0.2, 0) is 6.18 Å². The van der Waals surface area contributed by atoms with Gasteiger partial charge in [-0.3, -0.25) is 10.1 Å². The molecule has 0 spiro atoms. The molecule has 2 N–H and O–H groups in total. The Labute approximate surface area is 190 Å². The van der Waals surface area contributed by atoms with Crippen molar-refractivity contribution in [2.45, 2.75) is 13.1 Å². The minimum absolute atomic E-state index is 0.0137. The molecule has 0 fully saturated rings. The molecule has 6 nitrogen and oxygen atoms in total. The Morgan fingerprint density at radius 3 is 2.64 bits per heavy atom. The predicted octanol–water partition coefficient (Wildman–Crippen LogP) is 6.11. The van der Waals surface area contributed by atoms with Crippen molar-refractivity contribution in [3.05, 3.63) is 82.8 Å². The lowest BCUT2D eigenvalue weighted by molar-refractivity contribution is -0.137. The van der Waals surface area contributed by atoms with E-state index in [2.05, 4.69) is 20.3 Å². The summed E-state index contributed by atoms with van der Waals surface area (Å²) in [5, 5.41) is 2.66. The number of halogens is 4. The second-order valence-electron chi connectivity index (χ2n) is 7.52. The molecule has 33 heavy (non-hydrogen) atoms. The average Bonchev–Trinajstić information content (AvgIpc) is 3.36. The molecule has 5 aromatic rings. The minimum atomic E-state index is -4.51. The number of carbonyl (C=O) groups is 1. The summed E-state index contributed by atoms with van der Waals surface area (Å²) in [6, 6.07) is 13.9. The van der Waals surface area contributed by atoms with Crippen LogP contribution in [0, 0.1) is 6.92 Å². The van der Waals surface area contributed by atoms with Gasteiger partial charge in [0.1, 0.15) is 11.3 Å². The summed E-state index contributed by atoms with van der Waals surface area (Å²) < 4.78 is 41.3. The van der Waals surface area contributed by atoms with Crippen LogP contribution in [0.3, 0.4) is 0 Å². The summed E-state index contributed by atoms with van der Waals surface area (Å²) >= 11 is 5.91. The zero-order valence-electron chi connectivity index (χ0n) is 17.0. The number of carbonyl (C=O) groups excluding carboxylic acids is 1. The van der Waals surface area contributed by atoms with Gasteiger partial charge in [-0.25, -0.2) is 9.97 Å². The van der Waals surface area contributed by atoms with Crippen molar-refractivity contribution in [1.29, 1.82) is 0 Å². The molecule has 3 heterocycles. The highest BCUT2D eigenvalue weighted by Gasteiger charge is 2.31. The fourth-order valence-electron chi connectivity index (χ4n) is 3.60. The molecule has 0 saturated carbocycles. The fraction of sp³-hybridized carbons (Fsp3) is 0.0870. The molecule has 0 saturated heterocycles. The summed E-state index contributed by atoms with van der Waals surface area (Å²) in [5.41, 5.74) is 2.90. The van der Waals surface area contributed by atoms with Gasteiger partial charge in [-0.15, -0.1) is 0 Å². The monoisotopic (exact) mass is 469 g/mol. The lowest BCUT2D eigenvalue weighted by Gasteiger charge is -2.10. The van der Waals surface area contributed by atoms with Gasteiger partial charge in [-0.05, 0) is 60.5 Å².